The molecule has 0 saturated carbocycles. The first-order valence-electron chi connectivity index (χ1n) is 13.3. The molecular formula is C25H39F3N2O13. The van der Waals surface area contributed by atoms with E-state index >= 15 is 0 Å². The van der Waals surface area contributed by atoms with E-state index in [0.717, 1.165) is 0 Å². The number of hydrogen-bond acceptors (Lipinski definition) is 13. The molecule has 0 aliphatic carbocycles. The van der Waals surface area contributed by atoms with Crippen LogP contribution in [0.15, 0.2) is 0 Å². The number of methoxy groups -OCH3 is 3. The molecule has 43 heavy (non-hydrogen) atoms. The van der Waals surface area contributed by atoms with Crippen LogP contribution in [0.2, 0.25) is 0 Å². The molecule has 0 aromatic rings. The number of amides is 1. The Morgan fingerprint density at radius 3 is 1.72 bits per heavy atom. The molecule has 4 aliphatic rings. The molecule has 4 heterocycles. The second kappa shape index (κ2) is 13.5. The van der Waals surface area contributed by atoms with Crippen molar-refractivity contribution in [3.05, 3.63) is 0 Å². The van der Waals surface area contributed by atoms with Gasteiger partial charge in [0.1, 0.15) is 36.6 Å². The normalized spacial score (nSPS) is 35.2. The number of alkyl halides is 3. The molecule has 0 aromatic carbocycles. The van der Waals surface area contributed by atoms with Crippen molar-refractivity contribution in [2.24, 2.45) is 5.73 Å². The Labute approximate surface area is 245 Å². The summed E-state index contributed by atoms with van der Waals surface area (Å²) in [6, 6.07) is -1.51. The maximum Gasteiger partial charge on any atom is 0.490 e. The zero-order chi connectivity index (χ0) is 32.5. The molecule has 18 heteroatoms. The van der Waals surface area contributed by atoms with Crippen molar-refractivity contribution in [3.63, 3.8) is 0 Å². The molecule has 10 atom stereocenters. The van der Waals surface area contributed by atoms with Crippen LogP contribution in [-0.4, -0.2) is 123 Å². The Morgan fingerprint density at radius 1 is 0.860 bits per heavy atom. The molecule has 4 fully saturated rings. The molecule has 0 radical (unpaired) electrons. The summed E-state index contributed by atoms with van der Waals surface area (Å²) in [5.41, 5.74) is 6.37. The van der Waals surface area contributed by atoms with Crippen LogP contribution < -0.4 is 11.1 Å². The SMILES string of the molecule is COC(=O)CC(NC(=O)CC(N)[C@@H]1O[C@@H]2OC(C)(C)O[C@@H]2[C@H]1OC)[C@H]1O[C@@H]2OC(C)(C)O[C@@H]2[C@H]1OC.O=C(O)C(F)(F)F. The van der Waals surface area contributed by atoms with Gasteiger partial charge in [-0.15, -0.1) is 0 Å². The quantitative estimate of drug-likeness (QED) is 0.291. The van der Waals surface area contributed by atoms with Crippen molar-refractivity contribution in [1.29, 1.82) is 0 Å². The number of halogens is 3. The second-order valence-electron chi connectivity index (χ2n) is 11.2. The van der Waals surface area contributed by atoms with Crippen LogP contribution in [0.25, 0.3) is 0 Å². The lowest BCUT2D eigenvalue weighted by Crippen LogP contribution is -2.53. The molecule has 0 aromatic heterocycles. The van der Waals surface area contributed by atoms with E-state index < -0.39 is 96.9 Å². The fourth-order valence-corrected chi connectivity index (χ4v) is 5.32. The number of rotatable bonds is 9. The van der Waals surface area contributed by atoms with Gasteiger partial charge in [0.15, 0.2) is 24.2 Å². The van der Waals surface area contributed by atoms with Gasteiger partial charge in [0.2, 0.25) is 5.91 Å². The minimum Gasteiger partial charge on any atom is -0.475 e. The highest BCUT2D eigenvalue weighted by atomic mass is 19.4. The number of carboxylic acid groups (broad SMARTS) is 1. The number of hydrogen-bond donors (Lipinski definition) is 3. The lowest BCUT2D eigenvalue weighted by Gasteiger charge is -2.31. The molecule has 0 bridgehead atoms. The van der Waals surface area contributed by atoms with Gasteiger partial charge in [0.05, 0.1) is 19.6 Å². The first-order valence-corrected chi connectivity index (χ1v) is 13.3. The fourth-order valence-electron chi connectivity index (χ4n) is 5.32. The Hall–Kier alpha value is -2.16. The summed E-state index contributed by atoms with van der Waals surface area (Å²) in [6.45, 7) is 7.12. The molecule has 15 nitrogen and oxygen atoms in total. The number of nitrogens with one attached hydrogen (secondary N) is 1. The van der Waals surface area contributed by atoms with Crippen molar-refractivity contribution in [2.75, 3.05) is 21.3 Å². The number of carbonyl (C=O) groups is 3. The topological polar surface area (TPSA) is 193 Å². The van der Waals surface area contributed by atoms with Crippen molar-refractivity contribution < 1.29 is 75.3 Å². The van der Waals surface area contributed by atoms with E-state index in [0.29, 0.717) is 0 Å². The van der Waals surface area contributed by atoms with Crippen molar-refractivity contribution in [1.82, 2.24) is 5.32 Å². The third-order valence-corrected chi connectivity index (χ3v) is 7.04. The van der Waals surface area contributed by atoms with Gasteiger partial charge in [0, 0.05) is 26.7 Å². The van der Waals surface area contributed by atoms with Crippen LogP contribution in [0, 0.1) is 0 Å². The van der Waals surface area contributed by atoms with Crippen LogP contribution in [-0.2, 0) is 57.0 Å². The third kappa shape index (κ3) is 8.52. The number of carbonyl (C=O) groups excluding carboxylic acids is 2. The van der Waals surface area contributed by atoms with Crippen LogP contribution in [0.3, 0.4) is 0 Å². The maximum absolute atomic E-state index is 13.1. The van der Waals surface area contributed by atoms with E-state index in [-0.39, 0.29) is 12.8 Å². The minimum atomic E-state index is -5.08. The van der Waals surface area contributed by atoms with Gasteiger partial charge in [-0.05, 0) is 27.7 Å². The molecule has 2 unspecified atom stereocenters. The van der Waals surface area contributed by atoms with Gasteiger partial charge in [-0.3, -0.25) is 9.59 Å². The Bertz CT molecular complexity index is 1010. The fraction of sp³-hybridized carbons (Fsp3) is 0.880. The largest absolute Gasteiger partial charge is 0.490 e. The van der Waals surface area contributed by atoms with E-state index in [4.69, 9.17) is 58.3 Å². The zero-order valence-electron chi connectivity index (χ0n) is 24.7. The summed E-state index contributed by atoms with van der Waals surface area (Å²) >= 11 is 0. The average molecular weight is 633 g/mol. The summed E-state index contributed by atoms with van der Waals surface area (Å²) in [4.78, 5) is 34.1. The van der Waals surface area contributed by atoms with Crippen LogP contribution >= 0.6 is 0 Å². The predicted octanol–water partition coefficient (Wildman–Crippen LogP) is 0.168. The van der Waals surface area contributed by atoms with Gasteiger partial charge in [-0.2, -0.15) is 13.2 Å². The maximum atomic E-state index is 13.1. The second-order valence-corrected chi connectivity index (χ2v) is 11.2. The summed E-state index contributed by atoms with van der Waals surface area (Å²) in [5.74, 6) is -5.34. The van der Waals surface area contributed by atoms with Crippen LogP contribution in [0.1, 0.15) is 40.5 Å². The van der Waals surface area contributed by atoms with E-state index in [1.165, 1.54) is 21.3 Å². The van der Waals surface area contributed by atoms with Gasteiger partial charge in [-0.1, -0.05) is 0 Å². The van der Waals surface area contributed by atoms with Crippen molar-refractivity contribution >= 4 is 17.8 Å². The zero-order valence-corrected chi connectivity index (χ0v) is 24.7. The Balaban J connectivity index is 0.000000646. The molecule has 4 aliphatic heterocycles. The molecular weight excluding hydrogens is 593 g/mol. The van der Waals surface area contributed by atoms with Crippen molar-refractivity contribution in [3.8, 4) is 0 Å². The first kappa shape index (κ1) is 35.3. The van der Waals surface area contributed by atoms with E-state index in [1.807, 2.05) is 0 Å². The molecule has 4 rings (SSSR count). The number of aliphatic carboxylic acids is 1. The number of esters is 1. The van der Waals surface area contributed by atoms with Crippen LogP contribution in [0.4, 0.5) is 13.2 Å². The van der Waals surface area contributed by atoms with E-state index in [2.05, 4.69) is 5.32 Å². The number of fused-ring (bicyclic) bond motifs is 2. The van der Waals surface area contributed by atoms with Gasteiger partial charge < -0.3 is 58.8 Å². The van der Waals surface area contributed by atoms with E-state index in [9.17, 15) is 22.8 Å². The number of ether oxygens (including phenoxy) is 9. The summed E-state index contributed by atoms with van der Waals surface area (Å²) in [5, 5.41) is 9.98. The Kier molecular flexibility index (Phi) is 11.0. The van der Waals surface area contributed by atoms with Crippen molar-refractivity contribution in [2.45, 2.75) is 120 Å². The smallest absolute Gasteiger partial charge is 0.475 e. The molecule has 4 N–H and O–H groups in total. The first-order chi connectivity index (χ1) is 19.8. The monoisotopic (exact) mass is 632 g/mol. The average Bonchev–Trinajstić information content (AvgIpc) is 3.56. The van der Waals surface area contributed by atoms with E-state index in [1.54, 1.807) is 27.7 Å². The number of carboxylic acids is 1. The molecule has 0 spiro atoms. The highest BCUT2D eigenvalue weighted by Gasteiger charge is 2.58. The molecule has 1 amide bonds. The highest BCUT2D eigenvalue weighted by molar-refractivity contribution is 5.78. The summed E-state index contributed by atoms with van der Waals surface area (Å²) in [6.07, 6.45) is -10.1. The Morgan fingerprint density at radius 2 is 1.30 bits per heavy atom. The standard InChI is InChI=1S/C23H38N2O11.C2HF3O2/c1-22(2)33-18-16(29-6)14(31-20(18)35-22)10(24)8-12(26)25-11(9-13(27)28-5)15-17(30-7)19-21(32-15)36-23(3,4)34-19;3-2(4,5)1(6)7/h10-11,14-21H,8-9,24H2,1-7H3,(H,25,26);(H,6,7)/t10?,11?,14-,15+,16-,17-,18+,19+,20+,21+;/m0./s1. The van der Waals surface area contributed by atoms with Gasteiger partial charge in [0.25, 0.3) is 0 Å². The lowest BCUT2D eigenvalue weighted by molar-refractivity contribution is -0.220. The summed E-state index contributed by atoms with van der Waals surface area (Å²) < 4.78 is 83.2. The van der Waals surface area contributed by atoms with Gasteiger partial charge in [-0.25, -0.2) is 4.79 Å². The predicted molar refractivity (Wildman–Crippen MR) is 134 cm³/mol. The number of nitrogens with two attached hydrogens (primary N) is 1. The summed E-state index contributed by atoms with van der Waals surface area (Å²) in [7, 11) is 4.31. The molecule has 248 valence electrons. The van der Waals surface area contributed by atoms with Crippen LogP contribution in [0.5, 0.6) is 0 Å². The highest BCUT2D eigenvalue weighted by Crippen LogP contribution is 2.41. The minimum absolute atomic E-state index is 0.109. The third-order valence-electron chi connectivity index (χ3n) is 7.04. The lowest BCUT2D eigenvalue weighted by atomic mass is 9.98. The molecule has 4 saturated heterocycles. The van der Waals surface area contributed by atoms with Gasteiger partial charge >= 0.3 is 18.1 Å².